The predicted molar refractivity (Wildman–Crippen MR) is 225 cm³/mol. The molecule has 0 aliphatic rings. The number of allylic oxidation sites excluding steroid dienone is 16. The minimum atomic E-state index is -4.78. The third kappa shape index (κ3) is 41.7. The summed E-state index contributed by atoms with van der Waals surface area (Å²) in [6, 6.07) is 0. The number of rotatable bonds is 36. The molecule has 306 valence electrons. The van der Waals surface area contributed by atoms with Gasteiger partial charge in [-0.3, -0.25) is 14.1 Å². The lowest BCUT2D eigenvalue weighted by Crippen LogP contribution is -2.29. The average molecular weight is 773 g/mol. The first kappa shape index (κ1) is 51.0. The quantitative estimate of drug-likeness (QED) is 0.0280. The van der Waals surface area contributed by atoms with Crippen molar-refractivity contribution < 1.29 is 37.9 Å². The van der Waals surface area contributed by atoms with Crippen LogP contribution in [0.2, 0.25) is 0 Å². The van der Waals surface area contributed by atoms with E-state index in [1.165, 1.54) is 51.4 Å². The molecule has 0 saturated heterocycles. The number of phosphoric acid groups is 1. The SMILES string of the molecule is CC/C=C/C/C=C/C/C=C/C/C=C/CCCCC(=O)O[C@H](COC(=O)CCC/C=C/C/C=C/C/C=C/C/C=C/CCCCCCCCC)COP(=O)(O)O. The third-order valence-electron chi connectivity index (χ3n) is 8.09. The van der Waals surface area contributed by atoms with Crippen molar-refractivity contribution in [1.29, 1.82) is 0 Å². The van der Waals surface area contributed by atoms with Crippen molar-refractivity contribution in [2.24, 2.45) is 0 Å². The van der Waals surface area contributed by atoms with Gasteiger partial charge in [0.2, 0.25) is 0 Å². The molecule has 0 bridgehead atoms. The highest BCUT2D eigenvalue weighted by atomic mass is 31.2. The third-order valence-corrected chi connectivity index (χ3v) is 8.57. The standard InChI is InChI=1S/C45H73O8P/c1-3-5-7-9-11-13-15-17-19-20-21-22-23-24-26-27-29-31-33-35-37-39-44(46)51-41-43(42-52-54(48,49)50)53-45(47)40-38-36-34-32-30-28-25-18-16-14-12-10-8-6-4-2/h6,8,12,14,18-20,22-23,25-27,30-33,43H,3-5,7,9-11,13,15-17,21,24,28-29,34-42H2,1-2H3,(H2,48,49,50)/b8-6+,14-12+,20-19+,23-22+,25-18+,27-26+,32-30+,33-31+/t43-/m1/s1. The first-order valence-electron chi connectivity index (χ1n) is 20.5. The molecule has 0 amide bonds. The van der Waals surface area contributed by atoms with Gasteiger partial charge < -0.3 is 19.3 Å². The van der Waals surface area contributed by atoms with E-state index in [0.717, 1.165) is 57.8 Å². The lowest BCUT2D eigenvalue weighted by Gasteiger charge is -2.18. The molecular weight excluding hydrogens is 699 g/mol. The van der Waals surface area contributed by atoms with Gasteiger partial charge in [-0.05, 0) is 89.9 Å². The van der Waals surface area contributed by atoms with E-state index in [2.05, 4.69) is 110 Å². The Labute approximate surface area is 328 Å². The summed E-state index contributed by atoms with van der Waals surface area (Å²) in [4.78, 5) is 42.8. The highest BCUT2D eigenvalue weighted by molar-refractivity contribution is 7.46. The minimum Gasteiger partial charge on any atom is -0.462 e. The van der Waals surface area contributed by atoms with Gasteiger partial charge in [0.05, 0.1) is 6.61 Å². The largest absolute Gasteiger partial charge is 0.469 e. The van der Waals surface area contributed by atoms with Gasteiger partial charge in [0, 0.05) is 12.8 Å². The number of hydrogen-bond acceptors (Lipinski definition) is 6. The molecule has 1 atom stereocenters. The predicted octanol–water partition coefficient (Wildman–Crippen LogP) is 12.6. The summed E-state index contributed by atoms with van der Waals surface area (Å²) in [5.74, 6) is -1.01. The van der Waals surface area contributed by atoms with Crippen LogP contribution in [0.1, 0.15) is 155 Å². The molecule has 9 heteroatoms. The molecule has 0 spiro atoms. The van der Waals surface area contributed by atoms with Crippen molar-refractivity contribution in [3.8, 4) is 0 Å². The molecule has 54 heavy (non-hydrogen) atoms. The Morgan fingerprint density at radius 2 is 0.907 bits per heavy atom. The summed E-state index contributed by atoms with van der Waals surface area (Å²) in [5, 5.41) is 0. The van der Waals surface area contributed by atoms with Crippen molar-refractivity contribution in [2.75, 3.05) is 13.2 Å². The van der Waals surface area contributed by atoms with Crippen LogP contribution in [0.4, 0.5) is 0 Å². The van der Waals surface area contributed by atoms with E-state index in [1.54, 1.807) is 0 Å². The molecule has 0 heterocycles. The second-order valence-corrected chi connectivity index (χ2v) is 14.5. The van der Waals surface area contributed by atoms with Crippen LogP contribution in [-0.4, -0.2) is 41.0 Å². The van der Waals surface area contributed by atoms with Gasteiger partial charge >= 0.3 is 19.8 Å². The van der Waals surface area contributed by atoms with Crippen molar-refractivity contribution in [3.63, 3.8) is 0 Å². The monoisotopic (exact) mass is 773 g/mol. The Kier molecular flexibility index (Phi) is 37.4. The Morgan fingerprint density at radius 3 is 1.39 bits per heavy atom. The highest BCUT2D eigenvalue weighted by Gasteiger charge is 2.22. The smallest absolute Gasteiger partial charge is 0.462 e. The van der Waals surface area contributed by atoms with Crippen LogP contribution in [0, 0.1) is 0 Å². The number of esters is 2. The summed E-state index contributed by atoms with van der Waals surface area (Å²) in [7, 11) is -4.78. The van der Waals surface area contributed by atoms with E-state index in [4.69, 9.17) is 19.3 Å². The molecule has 0 aromatic carbocycles. The van der Waals surface area contributed by atoms with Gasteiger partial charge in [-0.1, -0.05) is 150 Å². The lowest BCUT2D eigenvalue weighted by atomic mass is 10.1. The molecule has 8 nitrogen and oxygen atoms in total. The normalized spacial score (nSPS) is 13.5. The lowest BCUT2D eigenvalue weighted by molar-refractivity contribution is -0.161. The van der Waals surface area contributed by atoms with Gasteiger partial charge in [0.1, 0.15) is 6.61 Å². The minimum absolute atomic E-state index is 0.142. The van der Waals surface area contributed by atoms with Gasteiger partial charge in [-0.2, -0.15) is 0 Å². The topological polar surface area (TPSA) is 119 Å². The Morgan fingerprint density at radius 1 is 0.500 bits per heavy atom. The van der Waals surface area contributed by atoms with Crippen molar-refractivity contribution in [2.45, 2.75) is 161 Å². The molecule has 0 rings (SSSR count). The number of hydrogen-bond donors (Lipinski definition) is 2. The first-order chi connectivity index (χ1) is 26.3. The molecule has 2 N–H and O–H groups in total. The number of ether oxygens (including phenoxy) is 2. The van der Waals surface area contributed by atoms with Crippen LogP contribution >= 0.6 is 7.82 Å². The van der Waals surface area contributed by atoms with Crippen LogP contribution in [0.25, 0.3) is 0 Å². The fraction of sp³-hybridized carbons (Fsp3) is 0.600. The van der Waals surface area contributed by atoms with Crippen molar-refractivity contribution >= 4 is 19.8 Å². The van der Waals surface area contributed by atoms with Crippen LogP contribution in [0.5, 0.6) is 0 Å². The molecule has 0 saturated carbocycles. The van der Waals surface area contributed by atoms with E-state index in [9.17, 15) is 14.2 Å². The zero-order chi connectivity index (χ0) is 39.6. The number of unbranched alkanes of at least 4 members (excludes halogenated alkanes) is 10. The second-order valence-electron chi connectivity index (χ2n) is 13.2. The van der Waals surface area contributed by atoms with Gasteiger partial charge in [0.15, 0.2) is 6.10 Å². The van der Waals surface area contributed by atoms with Crippen LogP contribution in [0.3, 0.4) is 0 Å². The highest BCUT2D eigenvalue weighted by Crippen LogP contribution is 2.36. The summed E-state index contributed by atoms with van der Waals surface area (Å²) in [6.07, 6.45) is 54.3. The molecular formula is C45H73O8P. The van der Waals surface area contributed by atoms with E-state index in [0.29, 0.717) is 19.3 Å². The summed E-state index contributed by atoms with van der Waals surface area (Å²) >= 11 is 0. The van der Waals surface area contributed by atoms with Crippen LogP contribution in [0.15, 0.2) is 97.2 Å². The van der Waals surface area contributed by atoms with Gasteiger partial charge in [0.25, 0.3) is 0 Å². The molecule has 0 fully saturated rings. The Bertz CT molecular complexity index is 1190. The molecule has 0 aliphatic carbocycles. The van der Waals surface area contributed by atoms with Crippen molar-refractivity contribution in [3.05, 3.63) is 97.2 Å². The summed E-state index contributed by atoms with van der Waals surface area (Å²) in [6.45, 7) is 3.47. The Balaban J connectivity index is 4.11. The fourth-order valence-electron chi connectivity index (χ4n) is 5.06. The number of carbonyl (C=O) groups is 2. The maximum Gasteiger partial charge on any atom is 0.469 e. The molecule has 0 aliphatic heterocycles. The van der Waals surface area contributed by atoms with Crippen LogP contribution < -0.4 is 0 Å². The zero-order valence-corrected chi connectivity index (χ0v) is 34.5. The van der Waals surface area contributed by atoms with Crippen molar-refractivity contribution in [1.82, 2.24) is 0 Å². The van der Waals surface area contributed by atoms with Gasteiger partial charge in [-0.15, -0.1) is 0 Å². The zero-order valence-electron chi connectivity index (χ0n) is 33.6. The maximum atomic E-state index is 12.4. The molecule has 0 radical (unpaired) electrons. The fourth-order valence-corrected chi connectivity index (χ4v) is 5.42. The molecule has 0 aromatic rings. The van der Waals surface area contributed by atoms with E-state index in [1.807, 2.05) is 6.08 Å². The van der Waals surface area contributed by atoms with Crippen LogP contribution in [-0.2, 0) is 28.2 Å². The van der Waals surface area contributed by atoms with E-state index < -0.39 is 32.5 Å². The van der Waals surface area contributed by atoms with E-state index in [-0.39, 0.29) is 19.4 Å². The number of carbonyl (C=O) groups excluding carboxylic acids is 2. The van der Waals surface area contributed by atoms with E-state index >= 15 is 0 Å². The average Bonchev–Trinajstić information content (AvgIpc) is 3.14. The molecule has 0 aromatic heterocycles. The summed E-state index contributed by atoms with van der Waals surface area (Å²) < 4.78 is 26.3. The Hall–Kier alpha value is -3.03. The molecule has 0 unspecified atom stereocenters. The maximum absolute atomic E-state index is 12.4. The van der Waals surface area contributed by atoms with Gasteiger partial charge in [-0.25, -0.2) is 4.57 Å². The number of phosphoric ester groups is 1. The second kappa shape index (κ2) is 39.7. The first-order valence-corrected chi connectivity index (χ1v) is 22.1. The summed E-state index contributed by atoms with van der Waals surface area (Å²) in [5.41, 5.74) is 0.